The summed E-state index contributed by atoms with van der Waals surface area (Å²) in [6, 6.07) is 11.2. The third-order valence-electron chi connectivity index (χ3n) is 5.08. The Kier molecular flexibility index (Phi) is 6.84. The van der Waals surface area contributed by atoms with Crippen molar-refractivity contribution < 1.29 is 32.2 Å². The van der Waals surface area contributed by atoms with Crippen LogP contribution in [0.2, 0.25) is 0 Å². The highest BCUT2D eigenvalue weighted by Crippen LogP contribution is 2.30. The Morgan fingerprint density at radius 3 is 2.35 bits per heavy atom. The third-order valence-corrected chi connectivity index (χ3v) is 6.83. The van der Waals surface area contributed by atoms with Gasteiger partial charge in [0, 0.05) is 19.5 Å². The van der Waals surface area contributed by atoms with E-state index in [2.05, 4.69) is 0 Å². The molecule has 1 aliphatic rings. The molecule has 1 aliphatic heterocycles. The number of para-hydroxylation sites is 1. The first-order valence-electron chi connectivity index (χ1n) is 9.74. The summed E-state index contributed by atoms with van der Waals surface area (Å²) in [4.78, 5) is 26.5. The molecule has 0 N–H and O–H groups in total. The number of sulfone groups is 1. The second-order valence-corrected chi connectivity index (χ2v) is 9.50. The van der Waals surface area contributed by atoms with Gasteiger partial charge in [0.2, 0.25) is 0 Å². The molecule has 0 aromatic heterocycles. The highest BCUT2D eigenvalue weighted by molar-refractivity contribution is 7.91. The molecule has 1 unspecified atom stereocenters. The SMILES string of the molecule is COc1ccc(CN(C(=O)c2ccccc2OC(C)=O)C2CCS(=O)(=O)C2)cc1OC. The third kappa shape index (κ3) is 5.35. The van der Waals surface area contributed by atoms with Gasteiger partial charge in [0.15, 0.2) is 21.3 Å². The Morgan fingerprint density at radius 2 is 1.74 bits per heavy atom. The van der Waals surface area contributed by atoms with Gasteiger partial charge in [-0.25, -0.2) is 8.42 Å². The van der Waals surface area contributed by atoms with Crippen LogP contribution in [0.15, 0.2) is 42.5 Å². The molecule has 9 heteroatoms. The van der Waals surface area contributed by atoms with Crippen LogP contribution in [0.1, 0.15) is 29.3 Å². The molecule has 1 fully saturated rings. The zero-order valence-corrected chi connectivity index (χ0v) is 18.5. The minimum atomic E-state index is -3.23. The van der Waals surface area contributed by atoms with E-state index >= 15 is 0 Å². The fourth-order valence-electron chi connectivity index (χ4n) is 3.61. The van der Waals surface area contributed by atoms with E-state index in [-0.39, 0.29) is 29.4 Å². The van der Waals surface area contributed by atoms with Crippen LogP contribution < -0.4 is 14.2 Å². The first kappa shape index (κ1) is 22.6. The minimum absolute atomic E-state index is 0.0268. The Hall–Kier alpha value is -3.07. The highest BCUT2D eigenvalue weighted by atomic mass is 32.2. The molecule has 0 saturated carbocycles. The van der Waals surface area contributed by atoms with Gasteiger partial charge in [-0.3, -0.25) is 9.59 Å². The number of esters is 1. The number of carbonyl (C=O) groups is 2. The molecule has 0 spiro atoms. The van der Waals surface area contributed by atoms with Crippen LogP contribution in [-0.4, -0.2) is 57.0 Å². The molecule has 0 radical (unpaired) electrons. The van der Waals surface area contributed by atoms with E-state index in [4.69, 9.17) is 14.2 Å². The van der Waals surface area contributed by atoms with Crippen LogP contribution in [0.4, 0.5) is 0 Å². The van der Waals surface area contributed by atoms with Crippen molar-refractivity contribution in [3.8, 4) is 17.2 Å². The van der Waals surface area contributed by atoms with Gasteiger partial charge in [0.1, 0.15) is 5.75 Å². The number of hydrogen-bond acceptors (Lipinski definition) is 7. The van der Waals surface area contributed by atoms with Crippen LogP contribution in [-0.2, 0) is 21.2 Å². The number of hydrogen-bond donors (Lipinski definition) is 0. The molecule has 3 rings (SSSR count). The molecular weight excluding hydrogens is 422 g/mol. The first-order valence-corrected chi connectivity index (χ1v) is 11.6. The summed E-state index contributed by atoms with van der Waals surface area (Å²) in [5, 5.41) is 0. The van der Waals surface area contributed by atoms with Crippen molar-refractivity contribution in [3.05, 3.63) is 53.6 Å². The predicted octanol–water partition coefficient (Wildman–Crippen LogP) is 2.46. The lowest BCUT2D eigenvalue weighted by atomic mass is 10.1. The maximum atomic E-state index is 13.5. The summed E-state index contributed by atoms with van der Waals surface area (Å²) in [5.41, 5.74) is 0.947. The van der Waals surface area contributed by atoms with Crippen LogP contribution in [0.25, 0.3) is 0 Å². The lowest BCUT2D eigenvalue weighted by Crippen LogP contribution is -2.40. The molecule has 31 heavy (non-hydrogen) atoms. The Bertz CT molecular complexity index is 1080. The minimum Gasteiger partial charge on any atom is -0.493 e. The normalized spacial score (nSPS) is 17.1. The van der Waals surface area contributed by atoms with Crippen molar-refractivity contribution in [2.45, 2.75) is 25.9 Å². The molecule has 8 nitrogen and oxygen atoms in total. The summed E-state index contributed by atoms with van der Waals surface area (Å²) in [6.07, 6.45) is 0.344. The number of ether oxygens (including phenoxy) is 3. The lowest BCUT2D eigenvalue weighted by molar-refractivity contribution is -0.131. The number of rotatable bonds is 7. The number of benzene rings is 2. The van der Waals surface area contributed by atoms with Crippen molar-refractivity contribution in [2.24, 2.45) is 0 Å². The maximum absolute atomic E-state index is 13.5. The van der Waals surface area contributed by atoms with E-state index in [1.54, 1.807) is 36.4 Å². The smallest absolute Gasteiger partial charge is 0.308 e. The molecule has 0 aliphatic carbocycles. The summed E-state index contributed by atoms with van der Waals surface area (Å²) in [7, 11) is -0.177. The number of carbonyl (C=O) groups excluding carboxylic acids is 2. The molecule has 1 heterocycles. The highest BCUT2D eigenvalue weighted by Gasteiger charge is 2.36. The Labute approximate surface area is 181 Å². The molecular formula is C22H25NO7S. The van der Waals surface area contributed by atoms with Crippen LogP contribution in [0.5, 0.6) is 17.2 Å². The van der Waals surface area contributed by atoms with Gasteiger partial charge in [0.25, 0.3) is 5.91 Å². The first-order chi connectivity index (χ1) is 14.7. The van der Waals surface area contributed by atoms with Gasteiger partial charge in [-0.05, 0) is 36.2 Å². The number of amides is 1. The van der Waals surface area contributed by atoms with Gasteiger partial charge in [0.05, 0.1) is 31.3 Å². The van der Waals surface area contributed by atoms with Gasteiger partial charge >= 0.3 is 5.97 Å². The topological polar surface area (TPSA) is 99.2 Å². The van der Waals surface area contributed by atoms with Crippen LogP contribution in [0, 0.1) is 0 Å². The van der Waals surface area contributed by atoms with Gasteiger partial charge in [-0.1, -0.05) is 18.2 Å². The lowest BCUT2D eigenvalue weighted by Gasteiger charge is -2.29. The second-order valence-electron chi connectivity index (χ2n) is 7.27. The molecule has 1 saturated heterocycles. The Morgan fingerprint density at radius 1 is 1.03 bits per heavy atom. The quantitative estimate of drug-likeness (QED) is 0.475. The fourth-order valence-corrected chi connectivity index (χ4v) is 5.34. The second kappa shape index (κ2) is 9.38. The van der Waals surface area contributed by atoms with Crippen molar-refractivity contribution in [1.29, 1.82) is 0 Å². The summed E-state index contributed by atoms with van der Waals surface area (Å²) in [6.45, 7) is 1.42. The van der Waals surface area contributed by atoms with E-state index in [0.29, 0.717) is 17.9 Å². The number of methoxy groups -OCH3 is 2. The van der Waals surface area contributed by atoms with Gasteiger partial charge < -0.3 is 19.1 Å². The molecule has 0 bridgehead atoms. The van der Waals surface area contributed by atoms with Crippen LogP contribution in [0.3, 0.4) is 0 Å². The van der Waals surface area contributed by atoms with Gasteiger partial charge in [-0.15, -0.1) is 0 Å². The standard InChI is InChI=1S/C22H25NO7S/c1-15(24)30-19-7-5-4-6-18(19)22(25)23(17-10-11-31(26,27)14-17)13-16-8-9-20(28-2)21(12-16)29-3/h4-9,12,17H,10-11,13-14H2,1-3H3. The molecule has 2 aromatic rings. The monoisotopic (exact) mass is 447 g/mol. The van der Waals surface area contributed by atoms with E-state index < -0.39 is 27.8 Å². The summed E-state index contributed by atoms with van der Waals surface area (Å²) in [5.74, 6) is 0.155. The summed E-state index contributed by atoms with van der Waals surface area (Å²) >= 11 is 0. The zero-order valence-electron chi connectivity index (χ0n) is 17.7. The Balaban J connectivity index is 1.98. The van der Waals surface area contributed by atoms with Crippen LogP contribution >= 0.6 is 0 Å². The molecule has 2 aromatic carbocycles. The largest absolute Gasteiger partial charge is 0.493 e. The van der Waals surface area contributed by atoms with Crippen molar-refractivity contribution in [1.82, 2.24) is 4.90 Å². The van der Waals surface area contributed by atoms with Crippen molar-refractivity contribution >= 4 is 21.7 Å². The van der Waals surface area contributed by atoms with E-state index in [1.165, 1.54) is 32.1 Å². The van der Waals surface area contributed by atoms with E-state index in [9.17, 15) is 18.0 Å². The zero-order chi connectivity index (χ0) is 22.6. The average Bonchev–Trinajstić information content (AvgIpc) is 3.10. The number of nitrogens with zero attached hydrogens (tertiary/aromatic N) is 1. The fraction of sp³-hybridized carbons (Fsp3) is 0.364. The molecule has 1 atom stereocenters. The van der Waals surface area contributed by atoms with Crippen molar-refractivity contribution in [3.63, 3.8) is 0 Å². The average molecular weight is 448 g/mol. The summed E-state index contributed by atoms with van der Waals surface area (Å²) < 4.78 is 40.0. The van der Waals surface area contributed by atoms with E-state index in [0.717, 1.165) is 5.56 Å². The van der Waals surface area contributed by atoms with Crippen molar-refractivity contribution in [2.75, 3.05) is 25.7 Å². The molecule has 166 valence electrons. The van der Waals surface area contributed by atoms with E-state index in [1.807, 2.05) is 0 Å². The predicted molar refractivity (Wildman–Crippen MR) is 114 cm³/mol. The van der Waals surface area contributed by atoms with Gasteiger partial charge in [-0.2, -0.15) is 0 Å². The maximum Gasteiger partial charge on any atom is 0.308 e. The molecule has 1 amide bonds.